The molecule has 7 heavy (non-hydrogen) atoms. The zero-order chi connectivity index (χ0) is 5.70. The van der Waals surface area contributed by atoms with Crippen LogP contribution in [0.1, 0.15) is 0 Å². The number of allylic oxidation sites excluding steroid dienone is 1. The molecule has 0 aromatic carbocycles. The van der Waals surface area contributed by atoms with E-state index in [4.69, 9.17) is 5.73 Å². The van der Waals surface area contributed by atoms with Gasteiger partial charge in [0.2, 0.25) is 0 Å². The molecule has 0 atom stereocenters. The van der Waals surface area contributed by atoms with Gasteiger partial charge in [-0.15, -0.1) is 0 Å². The van der Waals surface area contributed by atoms with Gasteiger partial charge < -0.3 is 5.73 Å². The molecule has 0 saturated heterocycles. The SMILES string of the molecule is C[N+](C)=CC=CN. The first-order valence-electron chi connectivity index (χ1n) is 2.15. The van der Waals surface area contributed by atoms with Crippen LogP contribution in [0.25, 0.3) is 0 Å². The molecule has 2 heteroatoms. The fraction of sp³-hybridized carbons (Fsp3) is 0.400. The van der Waals surface area contributed by atoms with Gasteiger partial charge in [-0.05, 0) is 6.20 Å². The second kappa shape index (κ2) is 3.40. The molecule has 0 aromatic rings. The molecule has 0 rings (SSSR count). The molecule has 2 N–H and O–H groups in total. The van der Waals surface area contributed by atoms with E-state index in [0.717, 1.165) is 0 Å². The molecule has 0 bridgehead atoms. The molecular formula is C5H11N2+. The van der Waals surface area contributed by atoms with Gasteiger partial charge in [0.05, 0.1) is 0 Å². The third-order valence-electron chi connectivity index (χ3n) is 0.495. The maximum absolute atomic E-state index is 5.04. The fourth-order valence-electron chi connectivity index (χ4n) is 0.222. The Morgan fingerprint density at radius 1 is 1.43 bits per heavy atom. The monoisotopic (exact) mass is 99.1 g/mol. The Hall–Kier alpha value is -0.790. The number of hydrogen-bond acceptors (Lipinski definition) is 1. The van der Waals surface area contributed by atoms with Gasteiger partial charge in [-0.3, -0.25) is 0 Å². The first-order valence-corrected chi connectivity index (χ1v) is 2.15. The molecule has 0 heterocycles. The summed E-state index contributed by atoms with van der Waals surface area (Å²) in [5, 5.41) is 0. The van der Waals surface area contributed by atoms with Crippen molar-refractivity contribution in [3.63, 3.8) is 0 Å². The van der Waals surface area contributed by atoms with E-state index in [-0.39, 0.29) is 0 Å². The number of nitrogens with two attached hydrogens (primary N) is 1. The molecule has 0 saturated carbocycles. The normalized spacial score (nSPS) is 9.43. The summed E-state index contributed by atoms with van der Waals surface area (Å²) in [7, 11) is 3.89. The summed E-state index contributed by atoms with van der Waals surface area (Å²) in [5.41, 5.74) is 5.04. The molecule has 0 aliphatic rings. The van der Waals surface area contributed by atoms with Crippen molar-refractivity contribution < 1.29 is 4.58 Å². The largest absolute Gasteiger partial charge is 0.404 e. The molecular weight excluding hydrogens is 88.1 g/mol. The zero-order valence-corrected chi connectivity index (χ0v) is 4.76. The van der Waals surface area contributed by atoms with Crippen molar-refractivity contribution in [2.75, 3.05) is 14.1 Å². The summed E-state index contributed by atoms with van der Waals surface area (Å²) >= 11 is 0. The van der Waals surface area contributed by atoms with Crippen molar-refractivity contribution in [3.05, 3.63) is 12.3 Å². The highest BCUT2D eigenvalue weighted by atomic mass is 14.9. The Kier molecular flexibility index (Phi) is 3.02. The van der Waals surface area contributed by atoms with E-state index in [2.05, 4.69) is 0 Å². The topological polar surface area (TPSA) is 29.0 Å². The average Bonchev–Trinajstić information content (AvgIpc) is 1.61. The van der Waals surface area contributed by atoms with E-state index in [0.29, 0.717) is 0 Å². The quantitative estimate of drug-likeness (QED) is 0.358. The highest BCUT2D eigenvalue weighted by molar-refractivity contribution is 5.65. The van der Waals surface area contributed by atoms with E-state index in [1.54, 1.807) is 6.08 Å². The van der Waals surface area contributed by atoms with Crippen LogP contribution in [-0.2, 0) is 0 Å². The molecule has 0 radical (unpaired) electrons. The summed E-state index contributed by atoms with van der Waals surface area (Å²) in [4.78, 5) is 0. The minimum atomic E-state index is 1.50. The standard InChI is InChI=1S/C5H10N2/c1-7(2)5-3-4-6/h3-6H,1-2H3/p+1. The van der Waals surface area contributed by atoms with Crippen molar-refractivity contribution in [2.24, 2.45) is 5.73 Å². The van der Waals surface area contributed by atoms with E-state index in [1.165, 1.54) is 6.20 Å². The smallest absolute Gasteiger partial charge is 0.164 e. The lowest BCUT2D eigenvalue weighted by molar-refractivity contribution is -0.458. The summed E-state index contributed by atoms with van der Waals surface area (Å²) < 4.78 is 1.92. The second-order valence-electron chi connectivity index (χ2n) is 1.50. The van der Waals surface area contributed by atoms with Gasteiger partial charge in [-0.25, -0.2) is 4.58 Å². The molecule has 0 fully saturated rings. The van der Waals surface area contributed by atoms with E-state index in [1.807, 2.05) is 24.9 Å². The van der Waals surface area contributed by atoms with Crippen LogP contribution in [0.15, 0.2) is 12.3 Å². The van der Waals surface area contributed by atoms with Crippen LogP contribution in [-0.4, -0.2) is 24.9 Å². The maximum atomic E-state index is 5.04. The van der Waals surface area contributed by atoms with Crippen molar-refractivity contribution >= 4 is 6.21 Å². The lowest BCUT2D eigenvalue weighted by atomic mass is 10.6. The van der Waals surface area contributed by atoms with Crippen molar-refractivity contribution in [1.29, 1.82) is 0 Å². The summed E-state index contributed by atoms with van der Waals surface area (Å²) in [6.45, 7) is 0. The van der Waals surface area contributed by atoms with Crippen LogP contribution in [0.5, 0.6) is 0 Å². The summed E-state index contributed by atoms with van der Waals surface area (Å²) in [5.74, 6) is 0. The summed E-state index contributed by atoms with van der Waals surface area (Å²) in [6, 6.07) is 0. The van der Waals surface area contributed by atoms with Crippen LogP contribution in [0.2, 0.25) is 0 Å². The van der Waals surface area contributed by atoms with Crippen molar-refractivity contribution in [2.45, 2.75) is 0 Å². The Bertz CT molecular complexity index is 88.3. The lowest BCUT2D eigenvalue weighted by Gasteiger charge is -1.75. The van der Waals surface area contributed by atoms with Gasteiger partial charge in [-0.1, -0.05) is 0 Å². The molecule has 0 amide bonds. The fourth-order valence-corrected chi connectivity index (χ4v) is 0.222. The lowest BCUT2D eigenvalue weighted by Crippen LogP contribution is -1.95. The molecule has 2 nitrogen and oxygen atoms in total. The molecule has 0 aliphatic carbocycles. The van der Waals surface area contributed by atoms with Gasteiger partial charge >= 0.3 is 0 Å². The Labute approximate surface area is 44.0 Å². The van der Waals surface area contributed by atoms with Crippen LogP contribution in [0.4, 0.5) is 0 Å². The van der Waals surface area contributed by atoms with Gasteiger partial charge in [0.1, 0.15) is 14.1 Å². The van der Waals surface area contributed by atoms with Crippen LogP contribution < -0.4 is 5.73 Å². The van der Waals surface area contributed by atoms with E-state index >= 15 is 0 Å². The maximum Gasteiger partial charge on any atom is 0.164 e. The van der Waals surface area contributed by atoms with Gasteiger partial charge in [0.15, 0.2) is 6.21 Å². The first-order chi connectivity index (χ1) is 3.27. The van der Waals surface area contributed by atoms with E-state index < -0.39 is 0 Å². The van der Waals surface area contributed by atoms with Gasteiger partial charge in [0, 0.05) is 6.08 Å². The molecule has 0 aromatic heterocycles. The third-order valence-corrected chi connectivity index (χ3v) is 0.495. The zero-order valence-electron chi connectivity index (χ0n) is 4.76. The van der Waals surface area contributed by atoms with Crippen LogP contribution in [0, 0.1) is 0 Å². The highest BCUT2D eigenvalue weighted by Crippen LogP contribution is 1.54. The third kappa shape index (κ3) is 5.21. The number of nitrogens with zero attached hydrogens (tertiary/aromatic N) is 1. The molecule has 40 valence electrons. The first kappa shape index (κ1) is 6.21. The predicted molar refractivity (Wildman–Crippen MR) is 31.5 cm³/mol. The van der Waals surface area contributed by atoms with E-state index in [9.17, 15) is 0 Å². The Morgan fingerprint density at radius 2 is 2.00 bits per heavy atom. The second-order valence-corrected chi connectivity index (χ2v) is 1.50. The molecule has 0 unspecified atom stereocenters. The Balaban J connectivity index is 3.46. The molecule has 0 aliphatic heterocycles. The average molecular weight is 99.2 g/mol. The minimum Gasteiger partial charge on any atom is -0.404 e. The molecule has 0 spiro atoms. The van der Waals surface area contributed by atoms with Gasteiger partial charge in [0.25, 0.3) is 0 Å². The van der Waals surface area contributed by atoms with Gasteiger partial charge in [-0.2, -0.15) is 0 Å². The number of hydrogen-bond donors (Lipinski definition) is 1. The van der Waals surface area contributed by atoms with Crippen molar-refractivity contribution in [1.82, 2.24) is 0 Å². The van der Waals surface area contributed by atoms with Crippen molar-refractivity contribution in [3.8, 4) is 0 Å². The predicted octanol–water partition coefficient (Wildman–Crippen LogP) is -0.198. The number of rotatable bonds is 1. The van der Waals surface area contributed by atoms with Crippen LogP contribution >= 0.6 is 0 Å². The minimum absolute atomic E-state index is 1.50. The van der Waals surface area contributed by atoms with Crippen LogP contribution in [0.3, 0.4) is 0 Å². The summed E-state index contributed by atoms with van der Waals surface area (Å²) in [6.07, 6.45) is 5.15. The highest BCUT2D eigenvalue weighted by Gasteiger charge is 1.70. The Morgan fingerprint density at radius 3 is 2.14 bits per heavy atom.